The molecule has 1 heterocycles. The van der Waals surface area contributed by atoms with Crippen molar-refractivity contribution in [3.63, 3.8) is 0 Å². The number of nitrogens with zero attached hydrogens (tertiary/aromatic N) is 1. The molecule has 0 saturated carbocycles. The molecule has 3 nitrogen and oxygen atoms in total. The number of nitrogens with one attached hydrogen (secondary N) is 1. The molecule has 4 rings (SSSR count). The Morgan fingerprint density at radius 3 is 2.46 bits per heavy atom. The second-order valence-corrected chi connectivity index (χ2v) is 7.00. The molecule has 0 spiro atoms. The van der Waals surface area contributed by atoms with Crippen molar-refractivity contribution >= 4 is 11.6 Å². The van der Waals surface area contributed by atoms with E-state index >= 15 is 0 Å². The monoisotopic (exact) mass is 378 g/mol. The first-order chi connectivity index (χ1) is 13.6. The Morgan fingerprint density at radius 1 is 0.964 bits per heavy atom. The van der Waals surface area contributed by atoms with Crippen LogP contribution in [0.1, 0.15) is 27.0 Å². The van der Waals surface area contributed by atoms with Crippen LogP contribution in [0.2, 0.25) is 0 Å². The summed E-state index contributed by atoms with van der Waals surface area (Å²) in [6.45, 7) is 2.73. The average Bonchev–Trinajstić information content (AvgIpc) is 2.70. The van der Waals surface area contributed by atoms with Gasteiger partial charge in [-0.05, 0) is 47.4 Å². The summed E-state index contributed by atoms with van der Waals surface area (Å²) >= 11 is 0. The average molecular weight is 378 g/mol. The van der Waals surface area contributed by atoms with E-state index in [1.807, 2.05) is 12.1 Å². The molecule has 5 heteroatoms. The molecule has 1 N–H and O–H groups in total. The highest BCUT2D eigenvalue weighted by Crippen LogP contribution is 2.21. The lowest BCUT2D eigenvalue weighted by Crippen LogP contribution is -2.29. The summed E-state index contributed by atoms with van der Waals surface area (Å²) < 4.78 is 26.7. The second kappa shape index (κ2) is 7.90. The standard InChI is InChI=1S/C23H20F2N2O/c24-20-9-10-22(21(25)13-20)26-23(28)18-7-5-16(6-8-18)14-27-12-11-17-3-1-2-4-19(17)15-27/h1-10,13H,11-12,14-15H2,(H,26,28). The molecule has 0 saturated heterocycles. The number of amides is 1. The van der Waals surface area contributed by atoms with E-state index in [0.717, 1.165) is 43.8 Å². The lowest BCUT2D eigenvalue weighted by Gasteiger charge is -2.28. The van der Waals surface area contributed by atoms with Crippen LogP contribution in [0.25, 0.3) is 0 Å². The number of benzene rings is 3. The van der Waals surface area contributed by atoms with Crippen LogP contribution in [0.15, 0.2) is 66.7 Å². The van der Waals surface area contributed by atoms with Gasteiger partial charge < -0.3 is 5.32 Å². The van der Waals surface area contributed by atoms with Gasteiger partial charge in [0, 0.05) is 31.3 Å². The highest BCUT2D eigenvalue weighted by Gasteiger charge is 2.16. The number of hydrogen-bond donors (Lipinski definition) is 1. The van der Waals surface area contributed by atoms with Gasteiger partial charge in [0.15, 0.2) is 0 Å². The number of carbonyl (C=O) groups is 1. The fourth-order valence-electron chi connectivity index (χ4n) is 3.49. The van der Waals surface area contributed by atoms with Crippen molar-refractivity contribution in [1.29, 1.82) is 0 Å². The minimum absolute atomic E-state index is 0.0394. The summed E-state index contributed by atoms with van der Waals surface area (Å²) in [4.78, 5) is 14.7. The Labute approximate surface area is 162 Å². The van der Waals surface area contributed by atoms with Crippen LogP contribution in [0.3, 0.4) is 0 Å². The zero-order valence-corrected chi connectivity index (χ0v) is 15.3. The van der Waals surface area contributed by atoms with E-state index < -0.39 is 17.5 Å². The van der Waals surface area contributed by atoms with Gasteiger partial charge in [0.1, 0.15) is 11.6 Å². The number of halogens is 2. The maximum atomic E-state index is 13.7. The quantitative estimate of drug-likeness (QED) is 0.709. The van der Waals surface area contributed by atoms with Crippen molar-refractivity contribution in [3.05, 3.63) is 101 Å². The molecule has 3 aromatic carbocycles. The first-order valence-corrected chi connectivity index (χ1v) is 9.23. The normalized spacial score (nSPS) is 13.8. The summed E-state index contributed by atoms with van der Waals surface area (Å²) in [6, 6.07) is 18.9. The lowest BCUT2D eigenvalue weighted by atomic mass is 9.99. The van der Waals surface area contributed by atoms with E-state index in [1.165, 1.54) is 17.2 Å². The van der Waals surface area contributed by atoms with Gasteiger partial charge in [0.2, 0.25) is 0 Å². The molecule has 0 unspecified atom stereocenters. The van der Waals surface area contributed by atoms with E-state index in [1.54, 1.807) is 12.1 Å². The largest absolute Gasteiger partial charge is 0.319 e. The van der Waals surface area contributed by atoms with Crippen molar-refractivity contribution < 1.29 is 13.6 Å². The summed E-state index contributed by atoms with van der Waals surface area (Å²) in [5.74, 6) is -1.90. The molecule has 3 aromatic rings. The maximum absolute atomic E-state index is 13.7. The maximum Gasteiger partial charge on any atom is 0.255 e. The van der Waals surface area contributed by atoms with Crippen LogP contribution < -0.4 is 5.32 Å². The van der Waals surface area contributed by atoms with Crippen molar-refractivity contribution in [2.75, 3.05) is 11.9 Å². The Bertz CT molecular complexity index is 1000. The third kappa shape index (κ3) is 4.10. The number of hydrogen-bond acceptors (Lipinski definition) is 2. The Balaban J connectivity index is 1.39. The van der Waals surface area contributed by atoms with Crippen molar-refractivity contribution in [2.24, 2.45) is 0 Å². The van der Waals surface area contributed by atoms with Crippen LogP contribution in [0.4, 0.5) is 14.5 Å². The van der Waals surface area contributed by atoms with E-state index in [2.05, 4.69) is 34.5 Å². The third-order valence-corrected chi connectivity index (χ3v) is 5.01. The molecule has 0 aromatic heterocycles. The summed E-state index contributed by atoms with van der Waals surface area (Å²) in [7, 11) is 0. The van der Waals surface area contributed by atoms with E-state index in [-0.39, 0.29) is 5.69 Å². The summed E-state index contributed by atoms with van der Waals surface area (Å²) in [6.07, 6.45) is 1.04. The van der Waals surface area contributed by atoms with Gasteiger partial charge in [0.25, 0.3) is 5.91 Å². The van der Waals surface area contributed by atoms with Gasteiger partial charge >= 0.3 is 0 Å². The molecule has 1 amide bonds. The molecular formula is C23H20F2N2O. The van der Waals surface area contributed by atoms with E-state index in [0.29, 0.717) is 5.56 Å². The van der Waals surface area contributed by atoms with Gasteiger partial charge in [-0.25, -0.2) is 8.78 Å². The van der Waals surface area contributed by atoms with Crippen LogP contribution in [0, 0.1) is 11.6 Å². The first-order valence-electron chi connectivity index (χ1n) is 9.23. The van der Waals surface area contributed by atoms with Gasteiger partial charge in [-0.15, -0.1) is 0 Å². The third-order valence-electron chi connectivity index (χ3n) is 5.01. The predicted molar refractivity (Wildman–Crippen MR) is 105 cm³/mol. The number of carbonyl (C=O) groups excluding carboxylic acids is 1. The topological polar surface area (TPSA) is 32.3 Å². The molecular weight excluding hydrogens is 358 g/mol. The molecule has 0 atom stereocenters. The highest BCUT2D eigenvalue weighted by molar-refractivity contribution is 6.04. The fraction of sp³-hybridized carbons (Fsp3) is 0.174. The van der Waals surface area contributed by atoms with Crippen LogP contribution >= 0.6 is 0 Å². The minimum Gasteiger partial charge on any atom is -0.319 e. The molecule has 28 heavy (non-hydrogen) atoms. The van der Waals surface area contributed by atoms with Crippen LogP contribution in [0.5, 0.6) is 0 Å². The first kappa shape index (κ1) is 18.3. The SMILES string of the molecule is O=C(Nc1ccc(F)cc1F)c1ccc(CN2CCc3ccccc3C2)cc1. The zero-order chi connectivity index (χ0) is 19.5. The zero-order valence-electron chi connectivity index (χ0n) is 15.3. The van der Waals surface area contributed by atoms with Crippen LogP contribution in [-0.2, 0) is 19.5 Å². The smallest absolute Gasteiger partial charge is 0.255 e. The molecule has 1 aliphatic heterocycles. The Hall–Kier alpha value is -3.05. The van der Waals surface area contributed by atoms with Gasteiger partial charge in [-0.3, -0.25) is 9.69 Å². The second-order valence-electron chi connectivity index (χ2n) is 7.00. The Kier molecular flexibility index (Phi) is 5.17. The molecule has 0 fully saturated rings. The van der Waals surface area contributed by atoms with Gasteiger partial charge in [0.05, 0.1) is 5.69 Å². The van der Waals surface area contributed by atoms with Crippen molar-refractivity contribution in [2.45, 2.75) is 19.5 Å². The van der Waals surface area contributed by atoms with Gasteiger partial charge in [-0.1, -0.05) is 36.4 Å². The molecule has 0 radical (unpaired) electrons. The lowest BCUT2D eigenvalue weighted by molar-refractivity contribution is 0.102. The predicted octanol–water partition coefficient (Wildman–Crippen LogP) is 4.78. The fourth-order valence-corrected chi connectivity index (χ4v) is 3.49. The number of fused-ring (bicyclic) bond motifs is 1. The molecule has 142 valence electrons. The summed E-state index contributed by atoms with van der Waals surface area (Å²) in [5.41, 5.74) is 4.28. The number of anilines is 1. The van der Waals surface area contributed by atoms with E-state index in [9.17, 15) is 13.6 Å². The van der Waals surface area contributed by atoms with Gasteiger partial charge in [-0.2, -0.15) is 0 Å². The Morgan fingerprint density at radius 2 is 1.71 bits per heavy atom. The minimum atomic E-state index is -0.796. The van der Waals surface area contributed by atoms with Crippen molar-refractivity contribution in [3.8, 4) is 0 Å². The highest BCUT2D eigenvalue weighted by atomic mass is 19.1. The van der Waals surface area contributed by atoms with Crippen molar-refractivity contribution in [1.82, 2.24) is 4.90 Å². The molecule has 0 aliphatic carbocycles. The molecule has 1 aliphatic rings. The number of rotatable bonds is 4. The van der Waals surface area contributed by atoms with Crippen LogP contribution in [-0.4, -0.2) is 17.4 Å². The summed E-state index contributed by atoms with van der Waals surface area (Å²) in [5, 5.41) is 2.47. The van der Waals surface area contributed by atoms with E-state index in [4.69, 9.17) is 0 Å². The molecule has 0 bridgehead atoms.